The van der Waals surface area contributed by atoms with Gasteiger partial charge in [0.05, 0.1) is 4.90 Å². The first-order valence-corrected chi connectivity index (χ1v) is 11.2. The number of likely N-dealkylation sites (N-methyl/N-ethyl adjacent to an activating group) is 1. The quantitative estimate of drug-likeness (QED) is 0.789. The third-order valence-electron chi connectivity index (χ3n) is 6.02. The number of carbonyl (C=O) groups is 1. The lowest BCUT2D eigenvalue weighted by atomic mass is 10.0. The molecule has 0 N–H and O–H groups in total. The molecule has 2 fully saturated rings. The Morgan fingerprint density at radius 3 is 2.19 bits per heavy atom. The van der Waals surface area contributed by atoms with Crippen molar-refractivity contribution in [1.29, 1.82) is 0 Å². The van der Waals surface area contributed by atoms with E-state index in [-0.39, 0.29) is 10.8 Å². The Morgan fingerprint density at radius 1 is 1.00 bits per heavy atom. The Balaban J connectivity index is 1.91. The monoisotopic (exact) mass is 393 g/mol. The van der Waals surface area contributed by atoms with Crippen LogP contribution < -0.4 is 0 Å². The summed E-state index contributed by atoms with van der Waals surface area (Å²) >= 11 is 0. The maximum Gasteiger partial charge on any atom is 0.253 e. The lowest BCUT2D eigenvalue weighted by Crippen LogP contribution is -2.47. The van der Waals surface area contributed by atoms with Gasteiger partial charge in [0.25, 0.3) is 5.91 Å². The van der Waals surface area contributed by atoms with Crippen LogP contribution in [0.3, 0.4) is 0 Å². The third kappa shape index (κ3) is 4.20. The highest BCUT2D eigenvalue weighted by molar-refractivity contribution is 7.89. The van der Waals surface area contributed by atoms with Crippen LogP contribution in [0.1, 0.15) is 41.3 Å². The van der Waals surface area contributed by atoms with E-state index < -0.39 is 10.0 Å². The van der Waals surface area contributed by atoms with Crippen molar-refractivity contribution in [3.8, 4) is 0 Å². The summed E-state index contributed by atoms with van der Waals surface area (Å²) in [6.07, 6.45) is 1.77. The van der Waals surface area contributed by atoms with Crippen LogP contribution in [-0.4, -0.2) is 74.7 Å². The fourth-order valence-electron chi connectivity index (χ4n) is 3.77. The zero-order chi connectivity index (χ0) is 19.8. The number of piperazine rings is 1. The predicted molar refractivity (Wildman–Crippen MR) is 106 cm³/mol. The number of amides is 1. The second kappa shape index (κ2) is 7.89. The van der Waals surface area contributed by atoms with Crippen LogP contribution in [0, 0.1) is 19.8 Å². The van der Waals surface area contributed by atoms with E-state index in [1.807, 2.05) is 31.9 Å². The van der Waals surface area contributed by atoms with Crippen LogP contribution in [0.2, 0.25) is 0 Å². The van der Waals surface area contributed by atoms with E-state index >= 15 is 0 Å². The molecular formula is C20H31N3O3S. The van der Waals surface area contributed by atoms with Gasteiger partial charge in [0.2, 0.25) is 10.0 Å². The molecule has 0 saturated carbocycles. The van der Waals surface area contributed by atoms with Crippen LogP contribution in [-0.2, 0) is 10.0 Å². The zero-order valence-electron chi connectivity index (χ0n) is 16.9. The highest BCUT2D eigenvalue weighted by Gasteiger charge is 2.31. The smallest absolute Gasteiger partial charge is 0.253 e. The number of piperidine rings is 1. The van der Waals surface area contributed by atoms with E-state index in [9.17, 15) is 13.2 Å². The molecule has 7 heteroatoms. The van der Waals surface area contributed by atoms with E-state index in [2.05, 4.69) is 11.8 Å². The number of hydrogen-bond donors (Lipinski definition) is 0. The molecule has 0 radical (unpaired) electrons. The molecule has 1 aromatic rings. The Morgan fingerprint density at radius 2 is 1.59 bits per heavy atom. The Kier molecular flexibility index (Phi) is 5.93. The van der Waals surface area contributed by atoms with E-state index in [1.165, 1.54) is 0 Å². The molecule has 0 bridgehead atoms. The molecule has 3 rings (SSSR count). The molecule has 150 valence electrons. The minimum Gasteiger partial charge on any atom is -0.336 e. The van der Waals surface area contributed by atoms with Gasteiger partial charge in [-0.15, -0.1) is 0 Å². The molecule has 0 atom stereocenters. The average Bonchev–Trinajstić information content (AvgIpc) is 2.64. The largest absolute Gasteiger partial charge is 0.336 e. The molecule has 27 heavy (non-hydrogen) atoms. The van der Waals surface area contributed by atoms with Gasteiger partial charge < -0.3 is 9.80 Å². The van der Waals surface area contributed by atoms with Crippen molar-refractivity contribution in [2.75, 3.05) is 46.3 Å². The predicted octanol–water partition coefficient (Wildman–Crippen LogP) is 2.11. The van der Waals surface area contributed by atoms with Gasteiger partial charge in [0, 0.05) is 44.8 Å². The molecule has 0 unspecified atom stereocenters. The van der Waals surface area contributed by atoms with Crippen molar-refractivity contribution in [1.82, 2.24) is 14.1 Å². The van der Waals surface area contributed by atoms with Gasteiger partial charge in [0.15, 0.2) is 0 Å². The van der Waals surface area contributed by atoms with Crippen LogP contribution >= 0.6 is 0 Å². The minimum atomic E-state index is -3.58. The van der Waals surface area contributed by atoms with E-state index in [1.54, 1.807) is 10.4 Å². The highest BCUT2D eigenvalue weighted by Crippen LogP contribution is 2.28. The van der Waals surface area contributed by atoms with Gasteiger partial charge in [-0.1, -0.05) is 6.92 Å². The average molecular weight is 394 g/mol. The summed E-state index contributed by atoms with van der Waals surface area (Å²) in [7, 11) is -1.54. The molecule has 2 aliphatic heterocycles. The SMILES string of the molecule is Cc1cc(C(=O)N2CCN(C)CC2)cc(S(=O)(=O)N2CCC(C)CC2)c1C. The van der Waals surface area contributed by atoms with Crippen molar-refractivity contribution < 1.29 is 13.2 Å². The topological polar surface area (TPSA) is 60.9 Å². The number of hydrogen-bond acceptors (Lipinski definition) is 4. The second-order valence-electron chi connectivity index (χ2n) is 8.10. The molecule has 0 aromatic heterocycles. The molecule has 1 aromatic carbocycles. The van der Waals surface area contributed by atoms with Gasteiger partial charge >= 0.3 is 0 Å². The van der Waals surface area contributed by atoms with E-state index in [0.717, 1.165) is 37.1 Å². The molecule has 0 spiro atoms. The Hall–Kier alpha value is -1.44. The number of carbonyl (C=O) groups excluding carboxylic acids is 1. The summed E-state index contributed by atoms with van der Waals surface area (Å²) < 4.78 is 28.1. The fourth-order valence-corrected chi connectivity index (χ4v) is 5.57. The van der Waals surface area contributed by atoms with Crippen molar-refractivity contribution >= 4 is 15.9 Å². The number of aryl methyl sites for hydroxylation is 1. The first kappa shape index (κ1) is 20.3. The zero-order valence-corrected chi connectivity index (χ0v) is 17.7. The van der Waals surface area contributed by atoms with E-state index in [4.69, 9.17) is 0 Å². The van der Waals surface area contributed by atoms with Gasteiger partial charge in [-0.2, -0.15) is 4.31 Å². The fraction of sp³-hybridized carbons (Fsp3) is 0.650. The summed E-state index contributed by atoms with van der Waals surface area (Å²) in [6, 6.07) is 3.42. The molecule has 2 saturated heterocycles. The maximum absolute atomic E-state index is 13.3. The van der Waals surface area contributed by atoms with Crippen molar-refractivity contribution in [2.24, 2.45) is 5.92 Å². The van der Waals surface area contributed by atoms with Crippen LogP contribution in [0.5, 0.6) is 0 Å². The van der Waals surface area contributed by atoms with Crippen molar-refractivity contribution in [3.63, 3.8) is 0 Å². The van der Waals surface area contributed by atoms with Gasteiger partial charge in [-0.25, -0.2) is 8.42 Å². The first-order valence-electron chi connectivity index (χ1n) is 9.79. The second-order valence-corrected chi connectivity index (χ2v) is 10.0. The summed E-state index contributed by atoms with van der Waals surface area (Å²) in [5, 5.41) is 0. The highest BCUT2D eigenvalue weighted by atomic mass is 32.2. The molecule has 2 aliphatic rings. The summed E-state index contributed by atoms with van der Waals surface area (Å²) in [6.45, 7) is 10.0. The Bertz CT molecular complexity index is 806. The van der Waals surface area contributed by atoms with Crippen LogP contribution in [0.15, 0.2) is 17.0 Å². The normalized spacial score (nSPS) is 20.8. The minimum absolute atomic E-state index is 0.0742. The number of sulfonamides is 1. The van der Waals surface area contributed by atoms with Crippen molar-refractivity contribution in [3.05, 3.63) is 28.8 Å². The van der Waals surface area contributed by atoms with Gasteiger partial charge in [-0.3, -0.25) is 4.79 Å². The summed E-state index contributed by atoms with van der Waals surface area (Å²) in [5.41, 5.74) is 2.06. The molecule has 6 nitrogen and oxygen atoms in total. The lowest BCUT2D eigenvalue weighted by molar-refractivity contribution is 0.0663. The van der Waals surface area contributed by atoms with Crippen molar-refractivity contribution in [2.45, 2.75) is 38.5 Å². The molecule has 2 heterocycles. The lowest BCUT2D eigenvalue weighted by Gasteiger charge is -2.33. The molecule has 1 amide bonds. The third-order valence-corrected chi connectivity index (χ3v) is 8.04. The standard InChI is InChI=1S/C20H31N3O3S/c1-15-5-7-23(8-6-15)27(25,26)19-14-18(13-16(2)17(19)3)20(24)22-11-9-21(4)10-12-22/h13-15H,5-12H2,1-4H3. The van der Waals surface area contributed by atoms with E-state index in [0.29, 0.717) is 37.7 Å². The van der Waals surface area contributed by atoms with Gasteiger partial charge in [-0.05, 0) is 62.9 Å². The first-order chi connectivity index (χ1) is 12.7. The van der Waals surface area contributed by atoms with Gasteiger partial charge in [0.1, 0.15) is 0 Å². The number of rotatable bonds is 3. The number of benzene rings is 1. The summed E-state index contributed by atoms with van der Waals surface area (Å²) in [4.78, 5) is 17.3. The number of nitrogens with zero attached hydrogens (tertiary/aromatic N) is 3. The van der Waals surface area contributed by atoms with Crippen LogP contribution in [0.25, 0.3) is 0 Å². The Labute approximate surface area is 163 Å². The maximum atomic E-state index is 13.3. The summed E-state index contributed by atoms with van der Waals surface area (Å²) in [5.74, 6) is 0.486. The van der Waals surface area contributed by atoms with Crippen LogP contribution in [0.4, 0.5) is 0 Å². The molecule has 0 aliphatic carbocycles. The molecular weight excluding hydrogens is 362 g/mol.